The Bertz CT molecular complexity index is 381. The van der Waals surface area contributed by atoms with E-state index in [1.807, 2.05) is 6.92 Å². The van der Waals surface area contributed by atoms with Crippen LogP contribution in [0.15, 0.2) is 0 Å². The van der Waals surface area contributed by atoms with Gasteiger partial charge in [0.05, 0.1) is 12.6 Å². The summed E-state index contributed by atoms with van der Waals surface area (Å²) in [6, 6.07) is 0.461. The van der Waals surface area contributed by atoms with Gasteiger partial charge in [-0.05, 0) is 71.5 Å². The van der Waals surface area contributed by atoms with Gasteiger partial charge in [-0.25, -0.2) is 0 Å². The molecule has 2 fully saturated rings. The van der Waals surface area contributed by atoms with E-state index in [0.29, 0.717) is 24.4 Å². The third kappa shape index (κ3) is 6.01. The Morgan fingerprint density at radius 2 is 1.92 bits per heavy atom. The fraction of sp³-hybridized carbons (Fsp3) is 0.947. The van der Waals surface area contributed by atoms with Crippen molar-refractivity contribution in [2.45, 2.75) is 64.5 Å². The number of amides is 1. The molecule has 2 saturated heterocycles. The summed E-state index contributed by atoms with van der Waals surface area (Å²) in [6.45, 7) is 9.50. The van der Waals surface area contributed by atoms with Crippen molar-refractivity contribution in [3.63, 3.8) is 0 Å². The number of rotatable bonds is 7. The van der Waals surface area contributed by atoms with E-state index < -0.39 is 0 Å². The van der Waals surface area contributed by atoms with Gasteiger partial charge in [0.2, 0.25) is 5.91 Å². The zero-order valence-electron chi connectivity index (χ0n) is 15.9. The van der Waals surface area contributed by atoms with Crippen molar-refractivity contribution in [3.8, 4) is 0 Å². The van der Waals surface area contributed by atoms with Crippen LogP contribution in [-0.2, 0) is 4.79 Å². The van der Waals surface area contributed by atoms with Gasteiger partial charge in [-0.2, -0.15) is 0 Å². The second-order valence-electron chi connectivity index (χ2n) is 7.93. The second kappa shape index (κ2) is 9.73. The number of carbonyl (C=O) groups is 1. The summed E-state index contributed by atoms with van der Waals surface area (Å²) in [6.07, 6.45) is 6.79. The molecule has 2 aliphatic heterocycles. The molecule has 140 valence electrons. The molecule has 5 heteroatoms. The van der Waals surface area contributed by atoms with E-state index in [9.17, 15) is 9.90 Å². The van der Waals surface area contributed by atoms with Gasteiger partial charge >= 0.3 is 0 Å². The summed E-state index contributed by atoms with van der Waals surface area (Å²) >= 11 is 0. The normalized spacial score (nSPS) is 25.2. The Labute approximate surface area is 148 Å². The topological polar surface area (TPSA) is 47.0 Å². The van der Waals surface area contributed by atoms with Crippen LogP contribution >= 0.6 is 0 Å². The molecule has 0 aromatic heterocycles. The third-order valence-corrected chi connectivity index (χ3v) is 5.62. The zero-order valence-corrected chi connectivity index (χ0v) is 15.9. The monoisotopic (exact) mass is 339 g/mol. The Morgan fingerprint density at radius 3 is 2.54 bits per heavy atom. The molecule has 2 rings (SSSR count). The van der Waals surface area contributed by atoms with Gasteiger partial charge in [0, 0.05) is 25.7 Å². The number of aliphatic hydroxyl groups excluding tert-OH is 1. The highest BCUT2D eigenvalue weighted by Gasteiger charge is 2.27. The van der Waals surface area contributed by atoms with E-state index in [2.05, 4.69) is 28.7 Å². The van der Waals surface area contributed by atoms with Gasteiger partial charge in [-0.3, -0.25) is 9.69 Å². The highest BCUT2D eigenvalue weighted by Crippen LogP contribution is 2.21. The lowest BCUT2D eigenvalue weighted by Crippen LogP contribution is -2.48. The van der Waals surface area contributed by atoms with Crippen LogP contribution in [0.1, 0.15) is 52.4 Å². The lowest BCUT2D eigenvalue weighted by atomic mass is 9.96. The Morgan fingerprint density at radius 1 is 1.21 bits per heavy atom. The van der Waals surface area contributed by atoms with Crippen LogP contribution in [0.4, 0.5) is 0 Å². The first-order valence-corrected chi connectivity index (χ1v) is 9.88. The molecule has 2 unspecified atom stereocenters. The van der Waals surface area contributed by atoms with Gasteiger partial charge < -0.3 is 14.9 Å². The maximum Gasteiger partial charge on any atom is 0.236 e. The maximum atomic E-state index is 12.6. The van der Waals surface area contributed by atoms with Crippen molar-refractivity contribution in [2.75, 3.05) is 46.3 Å². The molecule has 0 saturated carbocycles. The average molecular weight is 340 g/mol. The van der Waals surface area contributed by atoms with Gasteiger partial charge in [-0.15, -0.1) is 0 Å². The van der Waals surface area contributed by atoms with E-state index in [0.717, 1.165) is 45.6 Å². The minimum Gasteiger partial charge on any atom is -0.392 e. The van der Waals surface area contributed by atoms with E-state index in [1.54, 1.807) is 0 Å². The number of β-amino-alcohol motifs (C(OH)–C–C–N with tert-alkyl or cyclic N) is 1. The SMILES string of the molecule is CCC1CCCCN1C(=O)CN(C)CC1CCN(CC(C)O)CC1. The standard InChI is InChI=1S/C19H37N3O2/c1-4-18-7-5-6-10-22(18)19(24)15-20(3)14-17-8-11-21(12-9-17)13-16(2)23/h16-18,23H,4-15H2,1-3H3. The van der Waals surface area contributed by atoms with Crippen LogP contribution in [-0.4, -0.2) is 84.2 Å². The highest BCUT2D eigenvalue weighted by atomic mass is 16.3. The molecule has 1 N–H and O–H groups in total. The molecule has 2 atom stereocenters. The van der Waals surface area contributed by atoms with E-state index in [-0.39, 0.29) is 6.10 Å². The summed E-state index contributed by atoms with van der Waals surface area (Å²) in [5.74, 6) is 0.993. The average Bonchev–Trinajstić information content (AvgIpc) is 2.56. The van der Waals surface area contributed by atoms with Crippen LogP contribution < -0.4 is 0 Å². The molecular formula is C19H37N3O2. The number of hydrogen-bond donors (Lipinski definition) is 1. The summed E-state index contributed by atoms with van der Waals surface area (Å²) in [7, 11) is 2.09. The predicted molar refractivity (Wildman–Crippen MR) is 98.0 cm³/mol. The second-order valence-corrected chi connectivity index (χ2v) is 7.93. The van der Waals surface area contributed by atoms with Crippen LogP contribution in [0.2, 0.25) is 0 Å². The number of piperidine rings is 2. The Hall–Kier alpha value is -0.650. The van der Waals surface area contributed by atoms with Gasteiger partial charge in [-0.1, -0.05) is 6.92 Å². The number of hydrogen-bond acceptors (Lipinski definition) is 4. The number of likely N-dealkylation sites (tertiary alicyclic amines) is 2. The molecular weight excluding hydrogens is 302 g/mol. The summed E-state index contributed by atoms with van der Waals surface area (Å²) in [5.41, 5.74) is 0. The Kier molecular flexibility index (Phi) is 7.98. The van der Waals surface area contributed by atoms with Crippen molar-refractivity contribution in [2.24, 2.45) is 5.92 Å². The summed E-state index contributed by atoms with van der Waals surface area (Å²) in [5, 5.41) is 9.49. The molecule has 5 nitrogen and oxygen atoms in total. The quantitative estimate of drug-likeness (QED) is 0.768. The lowest BCUT2D eigenvalue weighted by Gasteiger charge is -2.37. The highest BCUT2D eigenvalue weighted by molar-refractivity contribution is 5.78. The first kappa shape index (κ1) is 19.7. The third-order valence-electron chi connectivity index (χ3n) is 5.62. The fourth-order valence-corrected chi connectivity index (χ4v) is 4.31. The number of carbonyl (C=O) groups excluding carboxylic acids is 1. The van der Waals surface area contributed by atoms with Crippen LogP contribution in [0.25, 0.3) is 0 Å². The molecule has 2 heterocycles. The first-order valence-electron chi connectivity index (χ1n) is 9.88. The van der Waals surface area contributed by atoms with Gasteiger partial charge in [0.25, 0.3) is 0 Å². The largest absolute Gasteiger partial charge is 0.392 e. The molecule has 0 aromatic carbocycles. The van der Waals surface area contributed by atoms with E-state index >= 15 is 0 Å². The summed E-state index contributed by atoms with van der Waals surface area (Å²) in [4.78, 5) is 19.3. The van der Waals surface area contributed by atoms with Crippen LogP contribution in [0.3, 0.4) is 0 Å². The number of nitrogens with zero attached hydrogens (tertiary/aromatic N) is 3. The number of likely N-dealkylation sites (N-methyl/N-ethyl adjacent to an activating group) is 1. The lowest BCUT2D eigenvalue weighted by molar-refractivity contribution is -0.136. The minimum absolute atomic E-state index is 0.238. The van der Waals surface area contributed by atoms with Crippen molar-refractivity contribution in [3.05, 3.63) is 0 Å². The Balaban J connectivity index is 1.71. The van der Waals surface area contributed by atoms with Crippen molar-refractivity contribution >= 4 is 5.91 Å². The van der Waals surface area contributed by atoms with Crippen LogP contribution in [0, 0.1) is 5.92 Å². The maximum absolute atomic E-state index is 12.6. The molecule has 0 spiro atoms. The number of aliphatic hydroxyl groups is 1. The van der Waals surface area contributed by atoms with Crippen molar-refractivity contribution in [1.29, 1.82) is 0 Å². The van der Waals surface area contributed by atoms with Crippen molar-refractivity contribution < 1.29 is 9.90 Å². The smallest absolute Gasteiger partial charge is 0.236 e. The summed E-state index contributed by atoms with van der Waals surface area (Å²) < 4.78 is 0. The molecule has 0 aromatic rings. The van der Waals surface area contributed by atoms with Gasteiger partial charge in [0.15, 0.2) is 0 Å². The first-order chi connectivity index (χ1) is 11.5. The minimum atomic E-state index is -0.238. The zero-order chi connectivity index (χ0) is 17.5. The van der Waals surface area contributed by atoms with Gasteiger partial charge in [0.1, 0.15) is 0 Å². The molecule has 1 amide bonds. The van der Waals surface area contributed by atoms with E-state index in [4.69, 9.17) is 0 Å². The molecule has 0 aliphatic carbocycles. The molecule has 2 aliphatic rings. The van der Waals surface area contributed by atoms with Crippen molar-refractivity contribution in [1.82, 2.24) is 14.7 Å². The van der Waals surface area contributed by atoms with E-state index in [1.165, 1.54) is 25.7 Å². The van der Waals surface area contributed by atoms with Crippen LogP contribution in [0.5, 0.6) is 0 Å². The predicted octanol–water partition coefficient (Wildman–Crippen LogP) is 1.80. The molecule has 24 heavy (non-hydrogen) atoms. The molecule has 0 bridgehead atoms. The molecule has 0 radical (unpaired) electrons. The fourth-order valence-electron chi connectivity index (χ4n) is 4.31.